The van der Waals surface area contributed by atoms with Gasteiger partial charge in [0.2, 0.25) is 20.6 Å². The summed E-state index contributed by atoms with van der Waals surface area (Å²) < 4.78 is 53.9. The maximum Gasteiger partial charge on any atom is 1.00 e. The van der Waals surface area contributed by atoms with Crippen LogP contribution >= 0.6 is 0 Å². The topological polar surface area (TPSA) is 220 Å². The molecular formula is H2N4Na2O10S2. The summed E-state index contributed by atoms with van der Waals surface area (Å²) in [6.45, 7) is 0. The van der Waals surface area contributed by atoms with Gasteiger partial charge in [-0.25, -0.2) is 16.8 Å². The first kappa shape index (κ1) is 27.0. The van der Waals surface area contributed by atoms with Crippen LogP contribution in [0.25, 0.3) is 0 Å². The molecule has 14 nitrogen and oxygen atoms in total. The first-order chi connectivity index (χ1) is 6.96. The van der Waals surface area contributed by atoms with Crippen molar-refractivity contribution in [2.75, 3.05) is 0 Å². The molecule has 0 bridgehead atoms. The Hall–Kier alpha value is 0.540. The number of rotatable bonds is 4. The second-order valence-corrected chi connectivity index (χ2v) is 3.89. The standard InChI is InChI=1S/2H2N2O5S.2Na/c2*3-1-2(4)8(5,6)7;;/h2*4H,(H,5,6,7);;/q;;2*+1/p-2. The van der Waals surface area contributed by atoms with Crippen LogP contribution in [0, 0.1) is 9.81 Å². The quantitative estimate of drug-likeness (QED) is 0.214. The van der Waals surface area contributed by atoms with Crippen LogP contribution in [-0.2, 0) is 20.6 Å². The van der Waals surface area contributed by atoms with Crippen LogP contribution in [0.2, 0.25) is 0 Å². The van der Waals surface area contributed by atoms with Gasteiger partial charge in [0.25, 0.3) is 0 Å². The fourth-order valence-electron chi connectivity index (χ4n) is 0.0816. The van der Waals surface area contributed by atoms with Crippen molar-refractivity contribution in [3.63, 3.8) is 0 Å². The van der Waals surface area contributed by atoms with E-state index in [0.29, 0.717) is 0 Å². The summed E-state index contributed by atoms with van der Waals surface area (Å²) in [4.78, 5) is 18.0. The van der Waals surface area contributed by atoms with Crippen LogP contribution in [0.4, 0.5) is 0 Å². The third kappa shape index (κ3) is 14.6. The van der Waals surface area contributed by atoms with E-state index in [0.717, 1.165) is 0 Å². The summed E-state index contributed by atoms with van der Waals surface area (Å²) in [5, 5.41) is 18.1. The summed E-state index contributed by atoms with van der Waals surface area (Å²) in [5.74, 6) is 0. The molecule has 0 radical (unpaired) electrons. The van der Waals surface area contributed by atoms with Gasteiger partial charge in [-0.2, -0.15) is 0 Å². The fourth-order valence-corrected chi connectivity index (χ4v) is 0.245. The molecule has 0 aliphatic heterocycles. The molecule has 0 spiro atoms. The van der Waals surface area contributed by atoms with Crippen LogP contribution in [-0.4, -0.2) is 45.5 Å². The van der Waals surface area contributed by atoms with E-state index in [1.54, 1.807) is 0 Å². The van der Waals surface area contributed by atoms with E-state index in [1.165, 1.54) is 10.6 Å². The van der Waals surface area contributed by atoms with Crippen molar-refractivity contribution >= 4 is 20.6 Å². The van der Waals surface area contributed by atoms with E-state index in [4.69, 9.17) is 20.2 Å². The molecule has 2 N–H and O–H groups in total. The number of nitroso groups, excluding NO2 is 2. The van der Waals surface area contributed by atoms with Crippen LogP contribution in [0.1, 0.15) is 0 Å². The molecule has 0 saturated heterocycles. The van der Waals surface area contributed by atoms with Crippen molar-refractivity contribution in [3.05, 3.63) is 9.81 Å². The van der Waals surface area contributed by atoms with E-state index in [2.05, 4.69) is 0 Å². The third-order valence-electron chi connectivity index (χ3n) is 0.540. The molecule has 0 aliphatic carbocycles. The van der Waals surface area contributed by atoms with Crippen molar-refractivity contribution < 1.29 is 95.5 Å². The molecule has 0 fully saturated rings. The van der Waals surface area contributed by atoms with Gasteiger partial charge in [0, 0.05) is 0 Å². The van der Waals surface area contributed by atoms with Gasteiger partial charge < -0.3 is 9.11 Å². The van der Waals surface area contributed by atoms with Gasteiger partial charge in [-0.15, -0.1) is 9.81 Å². The Kier molecular flexibility index (Phi) is 17.0. The van der Waals surface area contributed by atoms with Crippen molar-refractivity contribution in [2.24, 2.45) is 10.6 Å². The molecule has 0 aromatic carbocycles. The largest absolute Gasteiger partial charge is 1.00 e. The van der Waals surface area contributed by atoms with Gasteiger partial charge >= 0.3 is 59.1 Å². The summed E-state index contributed by atoms with van der Waals surface area (Å²) in [7, 11) is -10.2. The van der Waals surface area contributed by atoms with Crippen LogP contribution in [0.3, 0.4) is 0 Å². The zero-order chi connectivity index (χ0) is 13.6. The zero-order valence-electron chi connectivity index (χ0n) is 8.77. The van der Waals surface area contributed by atoms with Crippen molar-refractivity contribution in [1.82, 2.24) is 9.16 Å². The maximum atomic E-state index is 9.39. The summed E-state index contributed by atoms with van der Waals surface area (Å²) in [6.07, 6.45) is 0. The minimum absolute atomic E-state index is 0. The van der Waals surface area contributed by atoms with Crippen molar-refractivity contribution in [2.45, 2.75) is 0 Å². The second kappa shape index (κ2) is 11.4. The van der Waals surface area contributed by atoms with Gasteiger partial charge in [-0.1, -0.05) is 0 Å². The fraction of sp³-hybridized carbons (Fsp3) is 0. The SMILES string of the molecule is O=NN(O)S(=O)(=O)[O-].O=NN(O)S(=O)(=O)[O-].[Na+].[Na+]. The molecule has 0 aliphatic rings. The third-order valence-corrected chi connectivity index (χ3v) is 1.47. The predicted molar refractivity (Wildman–Crippen MR) is 38.2 cm³/mol. The molecule has 18 heavy (non-hydrogen) atoms. The van der Waals surface area contributed by atoms with Crippen LogP contribution in [0.5, 0.6) is 0 Å². The van der Waals surface area contributed by atoms with E-state index in [1.807, 2.05) is 0 Å². The van der Waals surface area contributed by atoms with Gasteiger partial charge in [0.15, 0.2) is 0 Å². The van der Waals surface area contributed by atoms with E-state index in [9.17, 15) is 25.9 Å². The minimum atomic E-state index is -5.09. The Balaban J connectivity index is -0.0000000980. The van der Waals surface area contributed by atoms with Crippen LogP contribution in [0.15, 0.2) is 10.6 Å². The molecule has 0 atom stereocenters. The summed E-state index contributed by atoms with van der Waals surface area (Å²) in [6, 6.07) is 0. The Bertz CT molecular complexity index is 385. The first-order valence-corrected chi connectivity index (χ1v) is 5.26. The Morgan fingerprint density at radius 1 is 0.778 bits per heavy atom. The van der Waals surface area contributed by atoms with Gasteiger partial charge in [0.05, 0.1) is 10.6 Å². The maximum absolute atomic E-state index is 9.39. The minimum Gasteiger partial charge on any atom is -0.728 e. The second-order valence-electron chi connectivity index (χ2n) is 1.52. The molecule has 18 heteroatoms. The van der Waals surface area contributed by atoms with E-state index < -0.39 is 29.8 Å². The molecule has 0 aromatic rings. The number of nitrogens with zero attached hydrogens (tertiary/aromatic N) is 4. The Morgan fingerprint density at radius 2 is 0.944 bits per heavy atom. The van der Waals surface area contributed by atoms with Crippen LogP contribution < -0.4 is 59.1 Å². The molecule has 0 unspecified atom stereocenters. The normalized spacial score (nSPS) is 9.56. The van der Waals surface area contributed by atoms with Gasteiger partial charge in [0.1, 0.15) is 0 Å². The van der Waals surface area contributed by atoms with Crippen molar-refractivity contribution in [3.8, 4) is 0 Å². The molecule has 0 heterocycles. The number of hydrogen-bond acceptors (Lipinski definition) is 12. The molecule has 0 aromatic heterocycles. The van der Waals surface area contributed by atoms with Gasteiger partial charge in [-0.05, 0) is 9.16 Å². The molecule has 96 valence electrons. The van der Waals surface area contributed by atoms with E-state index >= 15 is 0 Å². The average Bonchev–Trinajstić information content (AvgIpc) is 2.13. The predicted octanol–water partition coefficient (Wildman–Crippen LogP) is -8.35. The molecule has 0 amide bonds. The Labute approximate surface area is 144 Å². The summed E-state index contributed by atoms with van der Waals surface area (Å²) >= 11 is 0. The molecular weight excluding hydrogens is 326 g/mol. The molecule has 0 saturated carbocycles. The number of hydrogen-bond donors (Lipinski definition) is 2. The van der Waals surface area contributed by atoms with Crippen molar-refractivity contribution in [1.29, 1.82) is 0 Å². The monoisotopic (exact) mass is 328 g/mol. The summed E-state index contributed by atoms with van der Waals surface area (Å²) in [5.41, 5.74) is 0. The average molecular weight is 328 g/mol. The zero-order valence-corrected chi connectivity index (χ0v) is 14.4. The first-order valence-electron chi connectivity index (χ1n) is 2.53. The van der Waals surface area contributed by atoms with Gasteiger partial charge in [-0.3, -0.25) is 10.4 Å². The smallest absolute Gasteiger partial charge is 0.728 e. The van der Waals surface area contributed by atoms with E-state index in [-0.39, 0.29) is 59.1 Å². The molecule has 0 rings (SSSR count). The Morgan fingerprint density at radius 3 is 0.944 bits per heavy atom.